The molecule has 2 aromatic rings. The van der Waals surface area contributed by atoms with E-state index in [0.29, 0.717) is 12.3 Å². The molecule has 0 radical (unpaired) electrons. The minimum atomic E-state index is -0.141. The molecule has 1 saturated heterocycles. The number of nitrogens with zero attached hydrogens (tertiary/aromatic N) is 2. The van der Waals surface area contributed by atoms with Crippen LogP contribution in [0, 0.1) is 0 Å². The maximum Gasteiger partial charge on any atom is 0.287 e. The smallest absolute Gasteiger partial charge is 0.287 e. The molecule has 1 atom stereocenters. The fraction of sp³-hybridized carbons (Fsp3) is 0.476. The van der Waals surface area contributed by atoms with Crippen LogP contribution in [0.2, 0.25) is 0 Å². The summed E-state index contributed by atoms with van der Waals surface area (Å²) in [4.78, 5) is 17.2. The summed E-state index contributed by atoms with van der Waals surface area (Å²) in [6.45, 7) is 3.88. The molecule has 0 bridgehead atoms. The van der Waals surface area contributed by atoms with Gasteiger partial charge in [-0.25, -0.2) is 0 Å². The Morgan fingerprint density at radius 1 is 1.19 bits per heavy atom. The van der Waals surface area contributed by atoms with Crippen molar-refractivity contribution in [3.63, 3.8) is 0 Å². The average molecular weight is 353 g/mol. The van der Waals surface area contributed by atoms with Gasteiger partial charge in [0.05, 0.1) is 12.3 Å². The number of amides is 1. The molecule has 26 heavy (non-hydrogen) atoms. The Morgan fingerprint density at radius 2 is 2.04 bits per heavy atom. The van der Waals surface area contributed by atoms with Crippen molar-refractivity contribution < 1.29 is 9.21 Å². The molecular formula is C21H27N3O2. The van der Waals surface area contributed by atoms with Gasteiger partial charge in [-0.1, -0.05) is 18.6 Å². The SMILES string of the molecule is CN1CCc2cc([C@@H](CNC(=O)c3ccco3)N3CCCCC3)ccc21. The number of fused-ring (bicyclic) bond motifs is 1. The highest BCUT2D eigenvalue weighted by molar-refractivity contribution is 5.91. The standard InChI is InChI=1S/C21H27N3O2/c1-23-12-9-17-14-16(7-8-18(17)23)19(24-10-3-2-4-11-24)15-22-21(25)20-6-5-13-26-20/h5-8,13-14,19H,2-4,9-12,15H2,1H3,(H,22,25)/t19-/m1/s1. The molecule has 1 aromatic heterocycles. The molecule has 2 aliphatic heterocycles. The van der Waals surface area contributed by atoms with Crippen LogP contribution < -0.4 is 10.2 Å². The second-order valence-electron chi connectivity index (χ2n) is 7.36. The Labute approximate surface area is 155 Å². The van der Waals surface area contributed by atoms with Gasteiger partial charge in [-0.15, -0.1) is 0 Å². The monoisotopic (exact) mass is 353 g/mol. The number of hydrogen-bond acceptors (Lipinski definition) is 4. The van der Waals surface area contributed by atoms with Gasteiger partial charge in [-0.3, -0.25) is 9.69 Å². The molecular weight excluding hydrogens is 326 g/mol. The van der Waals surface area contributed by atoms with Crippen LogP contribution >= 0.6 is 0 Å². The van der Waals surface area contributed by atoms with Gasteiger partial charge in [0.15, 0.2) is 5.76 Å². The second kappa shape index (κ2) is 7.54. The van der Waals surface area contributed by atoms with Crippen LogP contribution in [0.25, 0.3) is 0 Å². The number of likely N-dealkylation sites (N-methyl/N-ethyl adjacent to an activating group) is 1. The quantitative estimate of drug-likeness (QED) is 0.897. The fourth-order valence-corrected chi connectivity index (χ4v) is 4.17. The first-order chi connectivity index (χ1) is 12.7. The highest BCUT2D eigenvalue weighted by Gasteiger charge is 2.25. The van der Waals surface area contributed by atoms with Crippen molar-refractivity contribution in [2.75, 3.05) is 38.1 Å². The maximum atomic E-state index is 12.3. The highest BCUT2D eigenvalue weighted by atomic mass is 16.3. The van der Waals surface area contributed by atoms with Crippen LogP contribution in [-0.2, 0) is 6.42 Å². The van der Waals surface area contributed by atoms with Crippen LogP contribution in [0.15, 0.2) is 41.0 Å². The van der Waals surface area contributed by atoms with Gasteiger partial charge in [0.25, 0.3) is 5.91 Å². The van der Waals surface area contributed by atoms with Crippen LogP contribution in [-0.4, -0.2) is 44.0 Å². The summed E-state index contributed by atoms with van der Waals surface area (Å²) in [5.74, 6) is 0.232. The third-order valence-corrected chi connectivity index (χ3v) is 5.65. The van der Waals surface area contributed by atoms with Crippen molar-refractivity contribution in [2.24, 2.45) is 0 Å². The minimum Gasteiger partial charge on any atom is -0.459 e. The lowest BCUT2D eigenvalue weighted by Crippen LogP contribution is -2.40. The maximum absolute atomic E-state index is 12.3. The Balaban J connectivity index is 1.54. The topological polar surface area (TPSA) is 48.7 Å². The number of benzene rings is 1. The van der Waals surface area contributed by atoms with Gasteiger partial charge in [-0.2, -0.15) is 0 Å². The Hall–Kier alpha value is -2.27. The summed E-state index contributed by atoms with van der Waals surface area (Å²) in [7, 11) is 2.15. The van der Waals surface area contributed by atoms with Gasteiger partial charge < -0.3 is 14.6 Å². The lowest BCUT2D eigenvalue weighted by atomic mass is 9.98. The molecule has 2 aliphatic rings. The lowest BCUT2D eigenvalue weighted by Gasteiger charge is -2.35. The molecule has 5 nitrogen and oxygen atoms in total. The largest absolute Gasteiger partial charge is 0.459 e. The number of rotatable bonds is 5. The summed E-state index contributed by atoms with van der Waals surface area (Å²) < 4.78 is 5.22. The van der Waals surface area contributed by atoms with Gasteiger partial charge in [0.2, 0.25) is 0 Å². The number of carbonyl (C=O) groups is 1. The van der Waals surface area contributed by atoms with E-state index < -0.39 is 0 Å². The summed E-state index contributed by atoms with van der Waals surface area (Å²) in [5, 5.41) is 3.07. The number of nitrogens with one attached hydrogen (secondary N) is 1. The molecule has 0 aliphatic carbocycles. The van der Waals surface area contributed by atoms with E-state index in [-0.39, 0.29) is 11.9 Å². The predicted molar refractivity (Wildman–Crippen MR) is 103 cm³/mol. The molecule has 0 unspecified atom stereocenters. The van der Waals surface area contributed by atoms with Crippen molar-refractivity contribution in [1.82, 2.24) is 10.2 Å². The highest BCUT2D eigenvalue weighted by Crippen LogP contribution is 2.32. The van der Waals surface area contributed by atoms with Crippen molar-refractivity contribution in [3.8, 4) is 0 Å². The minimum absolute atomic E-state index is 0.141. The molecule has 0 saturated carbocycles. The van der Waals surface area contributed by atoms with E-state index in [1.54, 1.807) is 12.1 Å². The van der Waals surface area contributed by atoms with Gasteiger partial charge in [0, 0.05) is 25.8 Å². The number of likely N-dealkylation sites (tertiary alicyclic amines) is 1. The molecule has 5 heteroatoms. The van der Waals surface area contributed by atoms with Crippen LogP contribution in [0.4, 0.5) is 5.69 Å². The zero-order valence-corrected chi connectivity index (χ0v) is 15.4. The van der Waals surface area contributed by atoms with Crippen LogP contribution in [0.3, 0.4) is 0 Å². The van der Waals surface area contributed by atoms with E-state index in [0.717, 1.165) is 26.1 Å². The fourth-order valence-electron chi connectivity index (χ4n) is 4.17. The van der Waals surface area contributed by atoms with Gasteiger partial charge in [-0.05, 0) is 61.7 Å². The zero-order valence-electron chi connectivity index (χ0n) is 15.4. The number of hydrogen-bond donors (Lipinski definition) is 1. The Morgan fingerprint density at radius 3 is 2.81 bits per heavy atom. The molecule has 4 rings (SSSR count). The predicted octanol–water partition coefficient (Wildman–Crippen LogP) is 3.23. The average Bonchev–Trinajstić information content (AvgIpc) is 3.33. The van der Waals surface area contributed by atoms with Crippen LogP contribution in [0.5, 0.6) is 0 Å². The molecule has 0 spiro atoms. The molecule has 3 heterocycles. The first-order valence-electron chi connectivity index (χ1n) is 9.62. The van der Waals surface area contributed by atoms with Gasteiger partial charge >= 0.3 is 0 Å². The van der Waals surface area contributed by atoms with E-state index in [4.69, 9.17) is 4.42 Å². The summed E-state index contributed by atoms with van der Waals surface area (Å²) >= 11 is 0. The van der Waals surface area contributed by atoms with E-state index >= 15 is 0 Å². The van der Waals surface area contributed by atoms with E-state index in [1.165, 1.54) is 42.3 Å². The van der Waals surface area contributed by atoms with E-state index in [2.05, 4.69) is 40.4 Å². The molecule has 138 valence electrons. The lowest BCUT2D eigenvalue weighted by molar-refractivity contribution is 0.0897. The normalized spacial score (nSPS) is 18.6. The first kappa shape index (κ1) is 17.2. The summed E-state index contributed by atoms with van der Waals surface area (Å²) in [6.07, 6.45) is 6.41. The summed E-state index contributed by atoms with van der Waals surface area (Å²) in [6, 6.07) is 10.5. The zero-order chi connectivity index (χ0) is 17.9. The third kappa shape index (κ3) is 3.49. The second-order valence-corrected chi connectivity index (χ2v) is 7.36. The Kier molecular flexibility index (Phi) is 4.98. The summed E-state index contributed by atoms with van der Waals surface area (Å²) in [5.41, 5.74) is 4.07. The van der Waals surface area contributed by atoms with Gasteiger partial charge in [0.1, 0.15) is 0 Å². The third-order valence-electron chi connectivity index (χ3n) is 5.65. The van der Waals surface area contributed by atoms with Crippen LogP contribution in [0.1, 0.15) is 47.0 Å². The number of carbonyl (C=O) groups excluding carboxylic acids is 1. The molecule has 1 amide bonds. The van der Waals surface area contributed by atoms with Crippen molar-refractivity contribution >= 4 is 11.6 Å². The molecule has 1 fully saturated rings. The van der Waals surface area contributed by atoms with Crippen molar-refractivity contribution in [2.45, 2.75) is 31.7 Å². The van der Waals surface area contributed by atoms with Crippen molar-refractivity contribution in [3.05, 3.63) is 53.5 Å². The first-order valence-corrected chi connectivity index (χ1v) is 9.62. The molecule has 1 aromatic carbocycles. The van der Waals surface area contributed by atoms with E-state index in [1.807, 2.05) is 0 Å². The Bertz CT molecular complexity index is 751. The van der Waals surface area contributed by atoms with Crippen molar-refractivity contribution in [1.29, 1.82) is 0 Å². The number of piperidine rings is 1. The number of anilines is 1. The number of furan rings is 1. The van der Waals surface area contributed by atoms with E-state index in [9.17, 15) is 4.79 Å². The molecule has 1 N–H and O–H groups in total.